The maximum absolute atomic E-state index is 12.0. The normalized spacial score (nSPS) is 10.7. The molecule has 1 amide bonds. The van der Waals surface area contributed by atoms with E-state index in [1.54, 1.807) is 36.5 Å². The Morgan fingerprint density at radius 3 is 2.72 bits per heavy atom. The van der Waals surface area contributed by atoms with Crippen LogP contribution in [0.5, 0.6) is 0 Å². The Morgan fingerprint density at radius 1 is 1.28 bits per heavy atom. The van der Waals surface area contributed by atoms with Gasteiger partial charge >= 0.3 is 0 Å². The number of sulfonamides is 1. The summed E-state index contributed by atoms with van der Waals surface area (Å²) in [5.41, 5.74) is 1.43. The number of anilines is 1. The van der Waals surface area contributed by atoms with Crippen LogP contribution in [0.25, 0.3) is 0 Å². The minimum atomic E-state index is -3.57. The van der Waals surface area contributed by atoms with Gasteiger partial charge in [-0.25, -0.2) is 8.42 Å². The average molecular weight is 358 g/mol. The lowest BCUT2D eigenvalue weighted by molar-refractivity contribution is -0.121. The summed E-state index contributed by atoms with van der Waals surface area (Å²) in [6.45, 7) is 0.268. The van der Waals surface area contributed by atoms with Gasteiger partial charge in [0.25, 0.3) is 0 Å². The van der Waals surface area contributed by atoms with E-state index in [2.05, 4.69) is 10.3 Å². The van der Waals surface area contributed by atoms with E-state index >= 15 is 0 Å². The van der Waals surface area contributed by atoms with Crippen LogP contribution in [0.15, 0.2) is 48.7 Å². The second-order valence-corrected chi connectivity index (χ2v) is 7.25. The van der Waals surface area contributed by atoms with E-state index in [1.165, 1.54) is 6.07 Å². The third-order valence-corrected chi connectivity index (χ3v) is 4.59. The number of nitrogens with one attached hydrogen (secondary N) is 1. The lowest BCUT2D eigenvalue weighted by Crippen LogP contribution is -2.34. The number of hydrogen-bond donors (Lipinski definition) is 1. The fraction of sp³-hybridized carbons (Fsp3) is 0.235. The van der Waals surface area contributed by atoms with Crippen molar-refractivity contribution in [2.75, 3.05) is 17.1 Å². The minimum Gasteiger partial charge on any atom is -0.350 e. The number of benzene rings is 1. The van der Waals surface area contributed by atoms with Crippen molar-refractivity contribution in [1.82, 2.24) is 10.3 Å². The second-order valence-electron chi connectivity index (χ2n) is 5.35. The fourth-order valence-corrected chi connectivity index (χ4v) is 3.12. The molecule has 0 fully saturated rings. The quantitative estimate of drug-likeness (QED) is 0.806. The van der Waals surface area contributed by atoms with Crippen LogP contribution < -0.4 is 9.62 Å². The van der Waals surface area contributed by atoms with Gasteiger partial charge in [-0.2, -0.15) is 5.26 Å². The van der Waals surface area contributed by atoms with Crippen LogP contribution in [0, 0.1) is 11.3 Å². The molecular weight excluding hydrogens is 340 g/mol. The number of carbonyl (C=O) groups excluding carboxylic acids is 1. The number of nitriles is 1. The molecule has 0 aliphatic rings. The van der Waals surface area contributed by atoms with Crippen molar-refractivity contribution in [2.24, 2.45) is 0 Å². The van der Waals surface area contributed by atoms with E-state index in [-0.39, 0.29) is 25.4 Å². The molecule has 0 atom stereocenters. The summed E-state index contributed by atoms with van der Waals surface area (Å²) in [7, 11) is -3.57. The van der Waals surface area contributed by atoms with E-state index in [0.29, 0.717) is 11.3 Å². The van der Waals surface area contributed by atoms with Gasteiger partial charge in [0, 0.05) is 19.2 Å². The Morgan fingerprint density at radius 2 is 2.08 bits per heavy atom. The van der Waals surface area contributed by atoms with Crippen molar-refractivity contribution >= 4 is 21.6 Å². The first-order valence-corrected chi connectivity index (χ1v) is 9.39. The van der Waals surface area contributed by atoms with Crippen LogP contribution in [0.3, 0.4) is 0 Å². The van der Waals surface area contributed by atoms with Crippen molar-refractivity contribution in [3.05, 3.63) is 59.9 Å². The lowest BCUT2D eigenvalue weighted by Gasteiger charge is -2.22. The van der Waals surface area contributed by atoms with E-state index in [1.807, 2.05) is 12.1 Å². The molecule has 2 aromatic rings. The van der Waals surface area contributed by atoms with Crippen molar-refractivity contribution in [3.63, 3.8) is 0 Å². The van der Waals surface area contributed by atoms with Gasteiger partial charge in [-0.05, 0) is 30.3 Å². The maximum Gasteiger partial charge on any atom is 0.232 e. The van der Waals surface area contributed by atoms with Crippen LogP contribution in [-0.4, -0.2) is 32.1 Å². The summed E-state index contributed by atoms with van der Waals surface area (Å²) in [5, 5.41) is 11.7. The number of aromatic nitrogens is 1. The predicted octanol–water partition coefficient (Wildman–Crippen LogP) is 1.43. The summed E-state index contributed by atoms with van der Waals surface area (Å²) in [6.07, 6.45) is 2.70. The van der Waals surface area contributed by atoms with Gasteiger partial charge < -0.3 is 5.32 Å². The van der Waals surface area contributed by atoms with Crippen molar-refractivity contribution < 1.29 is 13.2 Å². The van der Waals surface area contributed by atoms with E-state index < -0.39 is 10.0 Å². The van der Waals surface area contributed by atoms with Gasteiger partial charge in [-0.15, -0.1) is 0 Å². The first-order chi connectivity index (χ1) is 11.9. The first-order valence-electron chi connectivity index (χ1n) is 7.54. The summed E-state index contributed by atoms with van der Waals surface area (Å²) in [4.78, 5) is 16.1. The predicted molar refractivity (Wildman–Crippen MR) is 94.0 cm³/mol. The number of hydrogen-bond acceptors (Lipinski definition) is 5. The monoisotopic (exact) mass is 358 g/mol. The molecular formula is C17H18N4O3S. The van der Waals surface area contributed by atoms with Gasteiger partial charge in [0.05, 0.1) is 35.8 Å². The molecule has 0 bridgehead atoms. The molecule has 0 saturated carbocycles. The van der Waals surface area contributed by atoms with Crippen LogP contribution in [0.1, 0.15) is 17.7 Å². The van der Waals surface area contributed by atoms with Crippen LogP contribution >= 0.6 is 0 Å². The standard InChI is InChI=1S/C17H18N4O3S/c1-25(23,24)21(16-7-4-5-14(11-16)12-18)10-8-17(22)20-13-15-6-2-3-9-19-15/h2-7,9,11H,8,10,13H2,1H3,(H,20,22). The maximum atomic E-state index is 12.0. The van der Waals surface area contributed by atoms with Crippen LogP contribution in [-0.2, 0) is 21.4 Å². The average Bonchev–Trinajstić information content (AvgIpc) is 2.60. The van der Waals surface area contributed by atoms with E-state index in [4.69, 9.17) is 5.26 Å². The van der Waals surface area contributed by atoms with Crippen LogP contribution in [0.4, 0.5) is 5.69 Å². The number of pyridine rings is 1. The molecule has 0 spiro atoms. The number of carbonyl (C=O) groups is 1. The van der Waals surface area contributed by atoms with Gasteiger partial charge in [0.2, 0.25) is 15.9 Å². The molecule has 1 aromatic heterocycles. The SMILES string of the molecule is CS(=O)(=O)N(CCC(=O)NCc1ccccn1)c1cccc(C#N)c1. The van der Waals surface area contributed by atoms with Crippen molar-refractivity contribution in [1.29, 1.82) is 5.26 Å². The molecule has 0 unspecified atom stereocenters. The zero-order valence-electron chi connectivity index (χ0n) is 13.7. The summed E-state index contributed by atoms with van der Waals surface area (Å²) in [5.74, 6) is -0.282. The molecule has 2 rings (SSSR count). The Kier molecular flexibility index (Phi) is 6.08. The van der Waals surface area contributed by atoms with Crippen molar-refractivity contribution in [3.8, 4) is 6.07 Å². The molecule has 0 saturated heterocycles. The highest BCUT2D eigenvalue weighted by Gasteiger charge is 2.19. The molecule has 1 N–H and O–H groups in total. The largest absolute Gasteiger partial charge is 0.350 e. The topological polar surface area (TPSA) is 103 Å². The molecule has 0 aliphatic carbocycles. The fourth-order valence-electron chi connectivity index (χ4n) is 2.20. The highest BCUT2D eigenvalue weighted by molar-refractivity contribution is 7.92. The summed E-state index contributed by atoms with van der Waals surface area (Å²) >= 11 is 0. The highest BCUT2D eigenvalue weighted by atomic mass is 32.2. The third kappa shape index (κ3) is 5.58. The molecule has 25 heavy (non-hydrogen) atoms. The minimum absolute atomic E-state index is 0.00329. The van der Waals surface area contributed by atoms with Crippen molar-refractivity contribution in [2.45, 2.75) is 13.0 Å². The smallest absolute Gasteiger partial charge is 0.232 e. The van der Waals surface area contributed by atoms with Gasteiger partial charge in [-0.1, -0.05) is 12.1 Å². The molecule has 8 heteroatoms. The number of amides is 1. The lowest BCUT2D eigenvalue weighted by atomic mass is 10.2. The molecule has 1 aromatic carbocycles. The Hall–Kier alpha value is -2.92. The van der Waals surface area contributed by atoms with E-state index in [9.17, 15) is 13.2 Å². The summed E-state index contributed by atoms with van der Waals surface area (Å²) in [6, 6.07) is 13.6. The summed E-state index contributed by atoms with van der Waals surface area (Å²) < 4.78 is 25.2. The molecule has 0 aliphatic heterocycles. The highest BCUT2D eigenvalue weighted by Crippen LogP contribution is 2.19. The van der Waals surface area contributed by atoms with Gasteiger partial charge in [0.1, 0.15) is 0 Å². The Balaban J connectivity index is 2.01. The molecule has 130 valence electrons. The second kappa shape index (κ2) is 8.26. The zero-order chi connectivity index (χ0) is 18.3. The third-order valence-electron chi connectivity index (χ3n) is 3.40. The van der Waals surface area contributed by atoms with Gasteiger partial charge in [0.15, 0.2) is 0 Å². The molecule has 1 heterocycles. The van der Waals surface area contributed by atoms with E-state index in [0.717, 1.165) is 16.3 Å². The molecule has 7 nitrogen and oxygen atoms in total. The number of rotatable bonds is 7. The Labute approximate surface area is 147 Å². The number of nitrogens with zero attached hydrogens (tertiary/aromatic N) is 3. The Bertz CT molecular complexity index is 876. The van der Waals surface area contributed by atoms with Crippen LogP contribution in [0.2, 0.25) is 0 Å². The zero-order valence-corrected chi connectivity index (χ0v) is 14.5. The molecule has 0 radical (unpaired) electrons. The van der Waals surface area contributed by atoms with Gasteiger partial charge in [-0.3, -0.25) is 14.1 Å². The first kappa shape index (κ1) is 18.4.